The van der Waals surface area contributed by atoms with Gasteiger partial charge in [-0.25, -0.2) is 0 Å². The van der Waals surface area contributed by atoms with Crippen LogP contribution in [0, 0.1) is 0 Å². The fourth-order valence-electron chi connectivity index (χ4n) is 0.0609. The van der Waals surface area contributed by atoms with Crippen LogP contribution in [0.1, 0.15) is 6.92 Å². The van der Waals surface area contributed by atoms with Crippen LogP contribution in [0.4, 0.5) is 0 Å². The van der Waals surface area contributed by atoms with Gasteiger partial charge >= 0.3 is 42.8 Å². The second-order valence-corrected chi connectivity index (χ2v) is 1.39. The van der Waals surface area contributed by atoms with E-state index >= 15 is 0 Å². The molecule has 5 heavy (non-hydrogen) atoms. The third kappa shape index (κ3) is 4.30. The quantitative estimate of drug-likeness (QED) is 0.648. The molecule has 0 bridgehead atoms. The first-order chi connectivity index (χ1) is 2.41. The van der Waals surface area contributed by atoms with Gasteiger partial charge in [0.2, 0.25) is 0 Å². The van der Waals surface area contributed by atoms with Crippen molar-refractivity contribution in [2.24, 2.45) is 0 Å². The zero-order valence-electron chi connectivity index (χ0n) is 3.05. The average molecular weight is 249 g/mol. The normalized spacial score (nSPS) is 9.40. The van der Waals surface area contributed by atoms with Gasteiger partial charge in [0, 0.05) is 0 Å². The van der Waals surface area contributed by atoms with Crippen molar-refractivity contribution in [2.45, 2.75) is 6.92 Å². The van der Waals surface area contributed by atoms with Gasteiger partial charge in [0.25, 0.3) is 0 Å². The van der Waals surface area contributed by atoms with Crippen molar-refractivity contribution in [3.63, 3.8) is 0 Å². The van der Waals surface area contributed by atoms with E-state index in [0.29, 0.717) is 0 Å². The molecule has 0 saturated heterocycles. The van der Waals surface area contributed by atoms with Gasteiger partial charge < -0.3 is 0 Å². The van der Waals surface area contributed by atoms with Crippen molar-refractivity contribution in [1.82, 2.24) is 0 Å². The molecule has 0 saturated carbocycles. The van der Waals surface area contributed by atoms with Crippen LogP contribution in [-0.4, -0.2) is 4.40 Å². The summed E-state index contributed by atoms with van der Waals surface area (Å²) in [4.78, 5) is 0. The second kappa shape index (κ2) is 4.30. The van der Waals surface area contributed by atoms with Crippen LogP contribution in [0.3, 0.4) is 0 Å². The maximum atomic E-state index is 2.16. The fourth-order valence-corrected chi connectivity index (χ4v) is 0.498. The molecule has 0 aromatic rings. The van der Waals surface area contributed by atoms with E-state index in [0.717, 1.165) is 0 Å². The molecule has 0 unspecified atom stereocenters. The number of rotatable bonds is 1. The second-order valence-electron chi connectivity index (χ2n) is 0.631. The zero-order valence-corrected chi connectivity index (χ0v) is 5.32. The molecule has 0 aromatic carbocycles. The first-order valence-corrected chi connectivity index (χ1v) is 2.74. The Morgan fingerprint density at radius 3 is 2.20 bits per heavy atom. The molecule has 0 aliphatic heterocycles. The average Bonchev–Trinajstić information content (AvgIpc) is 1.41. The van der Waals surface area contributed by atoms with E-state index in [9.17, 15) is 0 Å². The Bertz CT molecular complexity index is 45.6. The van der Waals surface area contributed by atoms with E-state index in [4.69, 9.17) is 0 Å². The summed E-state index contributed by atoms with van der Waals surface area (Å²) >= 11 is 2.16. The molecule has 32 valence electrons. The third-order valence-corrected chi connectivity index (χ3v) is 0.691. The molecular formula is C4H6Pt. The number of hydrogen-bond donors (Lipinski definition) is 0. The summed E-state index contributed by atoms with van der Waals surface area (Å²) in [5.74, 6) is 0. The van der Waals surface area contributed by atoms with Crippen molar-refractivity contribution in [2.75, 3.05) is 0 Å². The first kappa shape index (κ1) is 5.30. The minimum atomic E-state index is 1.97. The van der Waals surface area contributed by atoms with E-state index in [1.165, 1.54) is 0 Å². The SMILES string of the molecule is C/C=C\[CH]=[Pt]. The van der Waals surface area contributed by atoms with Crippen LogP contribution >= 0.6 is 0 Å². The Morgan fingerprint density at radius 1 is 1.60 bits per heavy atom. The molecule has 0 atom stereocenters. The minimum absolute atomic E-state index is 1.97. The number of allylic oxidation sites excluding steroid dienone is 2. The van der Waals surface area contributed by atoms with Gasteiger partial charge in [-0.2, -0.15) is 0 Å². The zero-order chi connectivity index (χ0) is 4.12. The van der Waals surface area contributed by atoms with E-state index in [2.05, 4.69) is 19.4 Å². The molecular weight excluding hydrogens is 243 g/mol. The van der Waals surface area contributed by atoms with Crippen LogP contribution in [0.5, 0.6) is 0 Å². The van der Waals surface area contributed by atoms with Crippen LogP contribution in [0.15, 0.2) is 12.2 Å². The predicted octanol–water partition coefficient (Wildman–Crippen LogP) is 0.911. The van der Waals surface area contributed by atoms with Gasteiger partial charge in [0.1, 0.15) is 0 Å². The van der Waals surface area contributed by atoms with Crippen molar-refractivity contribution in [3.05, 3.63) is 12.2 Å². The van der Waals surface area contributed by atoms with E-state index < -0.39 is 0 Å². The Kier molecular flexibility index (Phi) is 4.55. The molecule has 0 aromatic heterocycles. The van der Waals surface area contributed by atoms with Crippen molar-refractivity contribution >= 4 is 4.40 Å². The Balaban J connectivity index is 2.92. The predicted molar refractivity (Wildman–Crippen MR) is 20.9 cm³/mol. The van der Waals surface area contributed by atoms with E-state index in [-0.39, 0.29) is 0 Å². The Hall–Kier alpha value is 0.298. The van der Waals surface area contributed by atoms with E-state index in [1.807, 2.05) is 23.5 Å². The monoisotopic (exact) mass is 249 g/mol. The van der Waals surface area contributed by atoms with Gasteiger partial charge in [-0.15, -0.1) is 0 Å². The van der Waals surface area contributed by atoms with Crippen molar-refractivity contribution in [3.8, 4) is 0 Å². The summed E-state index contributed by atoms with van der Waals surface area (Å²) in [6, 6.07) is 0. The summed E-state index contributed by atoms with van der Waals surface area (Å²) in [7, 11) is 0. The molecule has 0 fully saturated rings. The summed E-state index contributed by atoms with van der Waals surface area (Å²) in [6.45, 7) is 2.00. The van der Waals surface area contributed by atoms with Crippen LogP contribution < -0.4 is 0 Å². The molecule has 0 aliphatic rings. The molecule has 0 amide bonds. The van der Waals surface area contributed by atoms with Gasteiger partial charge in [-0.3, -0.25) is 0 Å². The van der Waals surface area contributed by atoms with Gasteiger partial charge in [0.15, 0.2) is 0 Å². The van der Waals surface area contributed by atoms with Crippen LogP contribution in [0.25, 0.3) is 0 Å². The topological polar surface area (TPSA) is 0 Å². The van der Waals surface area contributed by atoms with Gasteiger partial charge in [0.05, 0.1) is 0 Å². The molecule has 0 heterocycles. The fraction of sp³-hybridized carbons (Fsp3) is 0.250. The standard InChI is InChI=1S/C4H6.Pt/c1-3-4-2;/h1,3-4H,2H3;/b4-3-;. The molecule has 0 aliphatic carbocycles. The Labute approximate surface area is 43.3 Å². The van der Waals surface area contributed by atoms with Crippen molar-refractivity contribution < 1.29 is 19.4 Å². The summed E-state index contributed by atoms with van der Waals surface area (Å²) in [6.07, 6.45) is 3.98. The van der Waals surface area contributed by atoms with Crippen LogP contribution in [-0.2, 0) is 19.4 Å². The van der Waals surface area contributed by atoms with Gasteiger partial charge in [-0.05, 0) is 0 Å². The molecule has 1 heteroatoms. The molecule has 0 N–H and O–H groups in total. The summed E-state index contributed by atoms with van der Waals surface area (Å²) in [5, 5.41) is 0. The molecule has 0 rings (SSSR count). The summed E-state index contributed by atoms with van der Waals surface area (Å²) in [5.41, 5.74) is 0. The van der Waals surface area contributed by atoms with Crippen LogP contribution in [0.2, 0.25) is 0 Å². The molecule has 0 spiro atoms. The Morgan fingerprint density at radius 2 is 2.20 bits per heavy atom. The third-order valence-electron chi connectivity index (χ3n) is 0.253. The summed E-state index contributed by atoms with van der Waals surface area (Å²) < 4.78 is 1.97. The number of hydrogen-bond acceptors (Lipinski definition) is 0. The maximum absolute atomic E-state index is 2.16. The van der Waals surface area contributed by atoms with Crippen molar-refractivity contribution in [1.29, 1.82) is 0 Å². The first-order valence-electron chi connectivity index (χ1n) is 1.43. The molecule has 0 nitrogen and oxygen atoms in total. The van der Waals surface area contributed by atoms with E-state index in [1.54, 1.807) is 0 Å². The van der Waals surface area contributed by atoms with Gasteiger partial charge in [-0.1, -0.05) is 0 Å². The molecule has 0 radical (unpaired) electrons.